The number of nitrogens with one attached hydrogen (secondary N) is 1. The Balaban J connectivity index is 1.94. The molecule has 0 radical (unpaired) electrons. The molecule has 0 aliphatic carbocycles. The summed E-state index contributed by atoms with van der Waals surface area (Å²) in [5, 5.41) is 14.4. The lowest BCUT2D eigenvalue weighted by atomic mass is 9.89. The van der Waals surface area contributed by atoms with Crippen LogP contribution in [0.1, 0.15) is 28.3 Å². The van der Waals surface area contributed by atoms with Crippen molar-refractivity contribution in [3.05, 3.63) is 103 Å². The fourth-order valence-corrected chi connectivity index (χ4v) is 4.85. The average Bonchev–Trinajstić information content (AvgIpc) is 3.37. The van der Waals surface area contributed by atoms with Crippen LogP contribution in [0.4, 0.5) is 18.9 Å². The van der Waals surface area contributed by atoms with Gasteiger partial charge in [-0.05, 0) is 35.2 Å². The van der Waals surface area contributed by atoms with Crippen LogP contribution in [0.3, 0.4) is 0 Å². The predicted molar refractivity (Wildman–Crippen MR) is 136 cm³/mol. The standard InChI is InChI=1S/C25H13Cl3F3N3OS/c26-16-10-18(28)19(11-17(16)27)34-24(35)22(13-5-2-1-3-6-13)23-14(12-32)15(25(29,30)31)9-20(33-23)21-7-4-8-36-21/h1-11,22H,(H,34,35). The highest BCUT2D eigenvalue weighted by Crippen LogP contribution is 2.40. The first-order valence-corrected chi connectivity index (χ1v) is 12.2. The van der Waals surface area contributed by atoms with Gasteiger partial charge in [0, 0.05) is 0 Å². The smallest absolute Gasteiger partial charge is 0.324 e. The highest BCUT2D eigenvalue weighted by atomic mass is 35.5. The van der Waals surface area contributed by atoms with E-state index >= 15 is 0 Å². The Morgan fingerprint density at radius 2 is 1.69 bits per heavy atom. The van der Waals surface area contributed by atoms with E-state index in [0.29, 0.717) is 10.4 Å². The normalized spacial score (nSPS) is 12.1. The monoisotopic (exact) mass is 565 g/mol. The Morgan fingerprint density at radius 3 is 2.31 bits per heavy atom. The van der Waals surface area contributed by atoms with Crippen molar-refractivity contribution in [2.24, 2.45) is 0 Å². The van der Waals surface area contributed by atoms with Crippen molar-refractivity contribution in [3.8, 4) is 16.6 Å². The van der Waals surface area contributed by atoms with E-state index in [-0.39, 0.29) is 32.1 Å². The number of carbonyl (C=O) groups is 1. The summed E-state index contributed by atoms with van der Waals surface area (Å²) >= 11 is 19.4. The lowest BCUT2D eigenvalue weighted by Gasteiger charge is -2.21. The summed E-state index contributed by atoms with van der Waals surface area (Å²) in [6, 6.07) is 16.4. The van der Waals surface area contributed by atoms with E-state index in [2.05, 4.69) is 10.3 Å². The number of anilines is 1. The molecule has 4 rings (SSSR count). The molecule has 2 aromatic carbocycles. The van der Waals surface area contributed by atoms with Gasteiger partial charge in [-0.2, -0.15) is 18.4 Å². The number of nitriles is 1. The van der Waals surface area contributed by atoms with Crippen LogP contribution in [0, 0.1) is 11.3 Å². The summed E-state index contributed by atoms with van der Waals surface area (Å²) in [6.45, 7) is 0. The molecule has 0 fully saturated rings. The van der Waals surface area contributed by atoms with Crippen LogP contribution in [-0.2, 0) is 11.0 Å². The van der Waals surface area contributed by atoms with E-state index in [4.69, 9.17) is 34.8 Å². The number of benzene rings is 2. The van der Waals surface area contributed by atoms with Gasteiger partial charge < -0.3 is 5.32 Å². The zero-order chi connectivity index (χ0) is 26.0. The summed E-state index contributed by atoms with van der Waals surface area (Å²) in [6.07, 6.45) is -4.86. The second-order valence-corrected chi connectivity index (χ2v) is 9.65. The summed E-state index contributed by atoms with van der Waals surface area (Å²) in [5.74, 6) is -2.14. The highest BCUT2D eigenvalue weighted by Gasteiger charge is 2.39. The molecule has 36 heavy (non-hydrogen) atoms. The fourth-order valence-electron chi connectivity index (χ4n) is 3.57. The van der Waals surface area contributed by atoms with Gasteiger partial charge in [0.15, 0.2) is 0 Å². The lowest BCUT2D eigenvalue weighted by molar-refractivity contribution is -0.138. The van der Waals surface area contributed by atoms with Gasteiger partial charge in [-0.25, -0.2) is 4.98 Å². The number of carbonyl (C=O) groups excluding carboxylic acids is 1. The fraction of sp³-hybridized carbons (Fsp3) is 0.0800. The molecule has 2 aromatic heterocycles. The number of hydrogen-bond acceptors (Lipinski definition) is 4. The van der Waals surface area contributed by atoms with E-state index in [1.54, 1.807) is 53.9 Å². The maximum absolute atomic E-state index is 14.1. The van der Waals surface area contributed by atoms with Gasteiger partial charge in [0.25, 0.3) is 0 Å². The Bertz CT molecular complexity index is 1470. The number of thiophene rings is 1. The van der Waals surface area contributed by atoms with Crippen molar-refractivity contribution >= 4 is 57.7 Å². The largest absolute Gasteiger partial charge is 0.417 e. The van der Waals surface area contributed by atoms with Crippen molar-refractivity contribution in [1.82, 2.24) is 4.98 Å². The van der Waals surface area contributed by atoms with Gasteiger partial charge in [-0.1, -0.05) is 71.2 Å². The summed E-state index contributed by atoms with van der Waals surface area (Å²) in [5.41, 5.74) is -1.84. The van der Waals surface area contributed by atoms with Crippen molar-refractivity contribution in [2.45, 2.75) is 12.1 Å². The molecule has 0 spiro atoms. The van der Waals surface area contributed by atoms with E-state index in [1.807, 2.05) is 0 Å². The molecule has 0 saturated heterocycles. The average molecular weight is 567 g/mol. The lowest BCUT2D eigenvalue weighted by Crippen LogP contribution is -2.25. The van der Waals surface area contributed by atoms with Crippen LogP contribution < -0.4 is 5.32 Å². The molecule has 4 nitrogen and oxygen atoms in total. The molecule has 182 valence electrons. The van der Waals surface area contributed by atoms with Crippen molar-refractivity contribution in [1.29, 1.82) is 5.26 Å². The van der Waals surface area contributed by atoms with Gasteiger partial charge in [0.2, 0.25) is 5.91 Å². The molecule has 4 aromatic rings. The first kappa shape index (κ1) is 26.0. The second-order valence-electron chi connectivity index (χ2n) is 7.48. The molecule has 0 saturated carbocycles. The molecule has 11 heteroatoms. The molecule has 0 bridgehead atoms. The van der Waals surface area contributed by atoms with E-state index in [0.717, 1.165) is 6.07 Å². The van der Waals surface area contributed by atoms with Gasteiger partial charge in [-0.15, -0.1) is 11.3 Å². The van der Waals surface area contributed by atoms with E-state index in [1.165, 1.54) is 23.5 Å². The molecule has 1 atom stereocenters. The van der Waals surface area contributed by atoms with Gasteiger partial charge in [-0.3, -0.25) is 4.79 Å². The number of amides is 1. The first-order chi connectivity index (χ1) is 17.1. The summed E-state index contributed by atoms with van der Waals surface area (Å²) < 4.78 is 42.2. The number of halogens is 6. The number of aromatic nitrogens is 1. The minimum Gasteiger partial charge on any atom is -0.324 e. The minimum atomic E-state index is -4.86. The quantitative estimate of drug-likeness (QED) is 0.247. The molecule has 1 N–H and O–H groups in total. The Labute approximate surface area is 222 Å². The number of hydrogen-bond donors (Lipinski definition) is 1. The van der Waals surface area contributed by atoms with Gasteiger partial charge >= 0.3 is 6.18 Å². The van der Waals surface area contributed by atoms with Gasteiger partial charge in [0.05, 0.1) is 48.1 Å². The second kappa shape index (κ2) is 10.5. The molecule has 1 unspecified atom stereocenters. The molecular weight excluding hydrogens is 554 g/mol. The van der Waals surface area contributed by atoms with Crippen LogP contribution in [0.2, 0.25) is 15.1 Å². The maximum atomic E-state index is 14.1. The molecular formula is C25H13Cl3F3N3OS. The van der Waals surface area contributed by atoms with Crippen molar-refractivity contribution in [2.75, 3.05) is 5.32 Å². The van der Waals surface area contributed by atoms with Gasteiger partial charge in [0.1, 0.15) is 12.0 Å². The van der Waals surface area contributed by atoms with Crippen LogP contribution in [0.5, 0.6) is 0 Å². The van der Waals surface area contributed by atoms with Crippen LogP contribution in [-0.4, -0.2) is 10.9 Å². The molecule has 2 heterocycles. The van der Waals surface area contributed by atoms with E-state index < -0.39 is 29.1 Å². The van der Waals surface area contributed by atoms with Crippen molar-refractivity contribution in [3.63, 3.8) is 0 Å². The molecule has 0 aliphatic heterocycles. The zero-order valence-corrected chi connectivity index (χ0v) is 21.0. The highest BCUT2D eigenvalue weighted by molar-refractivity contribution is 7.13. The third-order valence-corrected chi connectivity index (χ3v) is 7.10. The third-order valence-electron chi connectivity index (χ3n) is 5.17. The number of pyridine rings is 1. The SMILES string of the molecule is N#Cc1c(C(F)(F)F)cc(-c2cccs2)nc1C(C(=O)Nc1cc(Cl)c(Cl)cc1Cl)c1ccccc1. The van der Waals surface area contributed by atoms with Crippen molar-refractivity contribution < 1.29 is 18.0 Å². The zero-order valence-electron chi connectivity index (χ0n) is 17.9. The molecule has 1 amide bonds. The molecule has 0 aliphatic rings. The Morgan fingerprint density at radius 1 is 1.00 bits per heavy atom. The predicted octanol–water partition coefficient (Wildman–Crippen LogP) is 8.43. The number of alkyl halides is 3. The minimum absolute atomic E-state index is 0.00683. The first-order valence-electron chi connectivity index (χ1n) is 10.2. The maximum Gasteiger partial charge on any atom is 0.417 e. The Kier molecular flexibility index (Phi) is 7.57. The number of rotatable bonds is 5. The van der Waals surface area contributed by atoms with Crippen LogP contribution in [0.15, 0.2) is 66.0 Å². The van der Waals surface area contributed by atoms with Crippen LogP contribution in [0.25, 0.3) is 10.6 Å². The summed E-state index contributed by atoms with van der Waals surface area (Å²) in [4.78, 5) is 18.5. The Hall–Kier alpha value is -3.09. The van der Waals surface area contributed by atoms with Crippen LogP contribution >= 0.6 is 46.1 Å². The van der Waals surface area contributed by atoms with E-state index in [9.17, 15) is 23.2 Å². The third kappa shape index (κ3) is 5.35. The number of nitrogens with zero attached hydrogens (tertiary/aromatic N) is 2. The topological polar surface area (TPSA) is 65.8 Å². The summed E-state index contributed by atoms with van der Waals surface area (Å²) in [7, 11) is 0.